The highest BCUT2D eigenvalue weighted by atomic mass is 19.1. The highest BCUT2D eigenvalue weighted by Gasteiger charge is 2.12. The second-order valence-corrected chi connectivity index (χ2v) is 5.19. The van der Waals surface area contributed by atoms with E-state index >= 15 is 0 Å². The van der Waals surface area contributed by atoms with E-state index in [0.717, 1.165) is 11.8 Å². The number of anilines is 1. The molecule has 1 amide bonds. The van der Waals surface area contributed by atoms with Crippen LogP contribution >= 0.6 is 0 Å². The summed E-state index contributed by atoms with van der Waals surface area (Å²) >= 11 is 0. The van der Waals surface area contributed by atoms with Crippen molar-refractivity contribution in [2.75, 3.05) is 5.32 Å². The Morgan fingerprint density at radius 2 is 1.88 bits per heavy atom. The first-order valence-electron chi connectivity index (χ1n) is 7.30. The SMILES string of the molecule is O=C(O)c1ccc(C(=O)Nc2ccnn2Cc2ccc(F)cc2)nc1. The van der Waals surface area contributed by atoms with Crippen molar-refractivity contribution < 1.29 is 19.1 Å². The summed E-state index contributed by atoms with van der Waals surface area (Å²) in [6.45, 7) is 0.355. The number of aromatic carboxylic acids is 1. The third-order valence-electron chi connectivity index (χ3n) is 3.45. The van der Waals surface area contributed by atoms with E-state index in [1.54, 1.807) is 22.9 Å². The Balaban J connectivity index is 1.73. The lowest BCUT2D eigenvalue weighted by Gasteiger charge is -2.09. The normalized spacial score (nSPS) is 10.4. The van der Waals surface area contributed by atoms with Gasteiger partial charge in [0.25, 0.3) is 5.91 Å². The smallest absolute Gasteiger partial charge is 0.337 e. The number of nitrogens with one attached hydrogen (secondary N) is 1. The molecule has 0 saturated heterocycles. The van der Waals surface area contributed by atoms with Crippen molar-refractivity contribution in [2.24, 2.45) is 0 Å². The van der Waals surface area contributed by atoms with Gasteiger partial charge in [0, 0.05) is 12.3 Å². The third kappa shape index (κ3) is 3.86. The van der Waals surface area contributed by atoms with Gasteiger partial charge in [-0.05, 0) is 29.8 Å². The first kappa shape index (κ1) is 16.3. The zero-order chi connectivity index (χ0) is 17.8. The van der Waals surface area contributed by atoms with Gasteiger partial charge in [-0.1, -0.05) is 12.1 Å². The Labute approximate surface area is 141 Å². The maximum atomic E-state index is 13.0. The Kier molecular flexibility index (Phi) is 4.51. The summed E-state index contributed by atoms with van der Waals surface area (Å²) in [6, 6.07) is 10.2. The minimum Gasteiger partial charge on any atom is -0.478 e. The van der Waals surface area contributed by atoms with E-state index in [9.17, 15) is 14.0 Å². The molecule has 1 aromatic carbocycles. The van der Waals surface area contributed by atoms with Crippen LogP contribution in [-0.4, -0.2) is 31.7 Å². The molecule has 0 aliphatic rings. The number of aromatic nitrogens is 3. The summed E-state index contributed by atoms with van der Waals surface area (Å²) < 4.78 is 14.5. The summed E-state index contributed by atoms with van der Waals surface area (Å²) in [6.07, 6.45) is 2.65. The van der Waals surface area contributed by atoms with Gasteiger partial charge in [-0.15, -0.1) is 0 Å². The average Bonchev–Trinajstić information content (AvgIpc) is 3.03. The predicted molar refractivity (Wildman–Crippen MR) is 86.9 cm³/mol. The van der Waals surface area contributed by atoms with Gasteiger partial charge < -0.3 is 10.4 Å². The highest BCUT2D eigenvalue weighted by molar-refractivity contribution is 6.02. The van der Waals surface area contributed by atoms with Crippen molar-refractivity contribution in [3.8, 4) is 0 Å². The first-order valence-corrected chi connectivity index (χ1v) is 7.30. The van der Waals surface area contributed by atoms with E-state index in [2.05, 4.69) is 15.4 Å². The van der Waals surface area contributed by atoms with Gasteiger partial charge in [0.05, 0.1) is 18.3 Å². The number of carbonyl (C=O) groups is 2. The molecule has 0 atom stereocenters. The molecule has 0 spiro atoms. The number of benzene rings is 1. The van der Waals surface area contributed by atoms with Crippen LogP contribution in [0.3, 0.4) is 0 Å². The second kappa shape index (κ2) is 6.91. The van der Waals surface area contributed by atoms with Crippen molar-refractivity contribution in [3.63, 3.8) is 0 Å². The summed E-state index contributed by atoms with van der Waals surface area (Å²) in [5.74, 6) is -1.48. The lowest BCUT2D eigenvalue weighted by Crippen LogP contribution is -2.17. The molecule has 0 unspecified atom stereocenters. The van der Waals surface area contributed by atoms with Crippen molar-refractivity contribution in [1.82, 2.24) is 14.8 Å². The summed E-state index contributed by atoms with van der Waals surface area (Å²) in [7, 11) is 0. The number of rotatable bonds is 5. The van der Waals surface area contributed by atoms with Crippen molar-refractivity contribution in [1.29, 1.82) is 0 Å². The number of carboxylic acid groups (broad SMARTS) is 1. The monoisotopic (exact) mass is 340 g/mol. The molecule has 0 aliphatic heterocycles. The first-order chi connectivity index (χ1) is 12.0. The standard InChI is InChI=1S/C17H13FN4O3/c18-13-4-1-11(2-5-13)10-22-15(7-8-20-22)21-16(23)14-6-3-12(9-19-14)17(24)25/h1-9H,10H2,(H,21,23)(H,24,25). The second-order valence-electron chi connectivity index (χ2n) is 5.19. The zero-order valence-corrected chi connectivity index (χ0v) is 12.9. The lowest BCUT2D eigenvalue weighted by molar-refractivity contribution is 0.0695. The van der Waals surface area contributed by atoms with Crippen molar-refractivity contribution in [3.05, 3.63) is 77.5 Å². The number of pyridine rings is 1. The molecule has 0 aliphatic carbocycles. The fourth-order valence-electron chi connectivity index (χ4n) is 2.16. The Hall–Kier alpha value is -3.55. The quantitative estimate of drug-likeness (QED) is 0.743. The van der Waals surface area contributed by atoms with Gasteiger partial charge in [0.15, 0.2) is 0 Å². The van der Waals surface area contributed by atoms with Crippen LogP contribution in [-0.2, 0) is 6.54 Å². The molecule has 2 aromatic heterocycles. The van der Waals surface area contributed by atoms with E-state index in [1.165, 1.54) is 30.5 Å². The van der Waals surface area contributed by atoms with Crippen LogP contribution in [0, 0.1) is 5.82 Å². The molecule has 0 bridgehead atoms. The van der Waals surface area contributed by atoms with Crippen molar-refractivity contribution in [2.45, 2.75) is 6.54 Å². The molecule has 0 radical (unpaired) electrons. The van der Waals surface area contributed by atoms with Crippen LogP contribution in [0.15, 0.2) is 54.9 Å². The minimum atomic E-state index is -1.11. The number of halogens is 1. The van der Waals surface area contributed by atoms with Crippen LogP contribution in [0.2, 0.25) is 0 Å². The highest BCUT2D eigenvalue weighted by Crippen LogP contribution is 2.12. The Morgan fingerprint density at radius 1 is 1.12 bits per heavy atom. The fourth-order valence-corrected chi connectivity index (χ4v) is 2.16. The van der Waals surface area contributed by atoms with Gasteiger partial charge >= 0.3 is 5.97 Å². The molecule has 3 rings (SSSR count). The minimum absolute atomic E-state index is 0.00194. The molecule has 8 heteroatoms. The predicted octanol–water partition coefficient (Wildman–Crippen LogP) is 2.42. The molecular weight excluding hydrogens is 327 g/mol. The van der Waals surface area contributed by atoms with Gasteiger partial charge in [-0.25, -0.2) is 13.9 Å². The van der Waals surface area contributed by atoms with Gasteiger partial charge in [0.2, 0.25) is 0 Å². The summed E-state index contributed by atoms with van der Waals surface area (Å²) in [5, 5.41) is 15.6. The molecule has 7 nitrogen and oxygen atoms in total. The topological polar surface area (TPSA) is 97.1 Å². The molecule has 25 heavy (non-hydrogen) atoms. The van der Waals surface area contributed by atoms with E-state index in [0.29, 0.717) is 12.4 Å². The summed E-state index contributed by atoms with van der Waals surface area (Å²) in [5.41, 5.74) is 0.905. The van der Waals surface area contributed by atoms with E-state index < -0.39 is 11.9 Å². The van der Waals surface area contributed by atoms with Gasteiger partial charge in [-0.3, -0.25) is 9.78 Å². The largest absolute Gasteiger partial charge is 0.478 e. The fraction of sp³-hybridized carbons (Fsp3) is 0.0588. The lowest BCUT2D eigenvalue weighted by atomic mass is 10.2. The molecular formula is C17H13FN4O3. The van der Waals surface area contributed by atoms with Crippen LogP contribution in [0.1, 0.15) is 26.4 Å². The molecule has 3 aromatic rings. The number of carbonyl (C=O) groups excluding carboxylic acids is 1. The van der Waals surface area contributed by atoms with Crippen LogP contribution < -0.4 is 5.32 Å². The maximum Gasteiger partial charge on any atom is 0.337 e. The van der Waals surface area contributed by atoms with Crippen LogP contribution in [0.25, 0.3) is 0 Å². The number of nitrogens with zero attached hydrogens (tertiary/aromatic N) is 3. The summed E-state index contributed by atoms with van der Waals surface area (Å²) in [4.78, 5) is 26.9. The van der Waals surface area contributed by atoms with Crippen LogP contribution in [0.4, 0.5) is 10.2 Å². The van der Waals surface area contributed by atoms with Crippen molar-refractivity contribution >= 4 is 17.7 Å². The number of amides is 1. The number of hydrogen-bond donors (Lipinski definition) is 2. The van der Waals surface area contributed by atoms with Gasteiger partial charge in [-0.2, -0.15) is 5.10 Å². The molecule has 0 saturated carbocycles. The number of carboxylic acids is 1. The molecule has 2 heterocycles. The zero-order valence-electron chi connectivity index (χ0n) is 12.9. The number of hydrogen-bond acceptors (Lipinski definition) is 4. The van der Waals surface area contributed by atoms with E-state index in [4.69, 9.17) is 5.11 Å². The molecule has 2 N–H and O–H groups in total. The Morgan fingerprint density at radius 3 is 2.52 bits per heavy atom. The third-order valence-corrected chi connectivity index (χ3v) is 3.45. The maximum absolute atomic E-state index is 13.0. The van der Waals surface area contributed by atoms with Crippen LogP contribution in [0.5, 0.6) is 0 Å². The van der Waals surface area contributed by atoms with E-state index in [-0.39, 0.29) is 17.1 Å². The average molecular weight is 340 g/mol. The molecule has 126 valence electrons. The Bertz CT molecular complexity index is 904. The van der Waals surface area contributed by atoms with Gasteiger partial charge in [0.1, 0.15) is 17.3 Å². The molecule has 0 fully saturated rings. The van der Waals surface area contributed by atoms with E-state index in [1.807, 2.05) is 0 Å².